The van der Waals surface area contributed by atoms with Crippen LogP contribution in [0.3, 0.4) is 0 Å². The van der Waals surface area contributed by atoms with E-state index in [9.17, 15) is 18.3 Å². The van der Waals surface area contributed by atoms with Crippen molar-refractivity contribution < 1.29 is 23.0 Å². The molecule has 1 aliphatic rings. The SMILES string of the molecule is NCC(O)(c1cccc(OC2CC2)c1)C(F)(F)F. The number of hydrogen-bond donors (Lipinski definition) is 2. The molecule has 0 aliphatic heterocycles. The van der Waals surface area contributed by atoms with Gasteiger partial charge in [0.05, 0.1) is 6.10 Å². The molecule has 1 aromatic carbocycles. The molecule has 3 N–H and O–H groups in total. The van der Waals surface area contributed by atoms with Gasteiger partial charge in [-0.25, -0.2) is 0 Å². The van der Waals surface area contributed by atoms with Crippen LogP contribution < -0.4 is 10.5 Å². The lowest BCUT2D eigenvalue weighted by molar-refractivity contribution is -0.262. The average Bonchev–Trinajstić information content (AvgIpc) is 3.10. The van der Waals surface area contributed by atoms with Crippen LogP contribution in [-0.4, -0.2) is 23.9 Å². The minimum Gasteiger partial charge on any atom is -0.490 e. The summed E-state index contributed by atoms with van der Waals surface area (Å²) in [6, 6.07) is 5.37. The maximum Gasteiger partial charge on any atom is 0.422 e. The summed E-state index contributed by atoms with van der Waals surface area (Å²) < 4.78 is 43.9. The first-order valence-electron chi connectivity index (χ1n) is 5.63. The van der Waals surface area contributed by atoms with E-state index in [1.54, 1.807) is 6.07 Å². The van der Waals surface area contributed by atoms with Crippen molar-refractivity contribution >= 4 is 0 Å². The molecule has 1 aliphatic carbocycles. The van der Waals surface area contributed by atoms with E-state index < -0.39 is 18.3 Å². The number of rotatable bonds is 4. The second-order valence-electron chi connectivity index (χ2n) is 4.41. The fourth-order valence-corrected chi connectivity index (χ4v) is 1.60. The maximum atomic E-state index is 12.8. The zero-order chi connectivity index (χ0) is 13.4. The molecule has 100 valence electrons. The predicted octanol–water partition coefficient (Wildman–Crippen LogP) is 1.94. The van der Waals surface area contributed by atoms with Gasteiger partial charge in [0, 0.05) is 6.54 Å². The van der Waals surface area contributed by atoms with Crippen LogP contribution in [0.1, 0.15) is 18.4 Å². The molecule has 1 atom stereocenters. The summed E-state index contributed by atoms with van der Waals surface area (Å²) in [5.41, 5.74) is 1.75. The van der Waals surface area contributed by atoms with Crippen molar-refractivity contribution in [2.45, 2.75) is 30.7 Å². The van der Waals surface area contributed by atoms with Crippen molar-refractivity contribution in [2.24, 2.45) is 5.73 Å². The number of ether oxygens (including phenoxy) is 1. The van der Waals surface area contributed by atoms with Crippen LogP contribution in [0.15, 0.2) is 24.3 Å². The lowest BCUT2D eigenvalue weighted by Gasteiger charge is -2.29. The molecule has 0 radical (unpaired) electrons. The molecule has 2 rings (SSSR count). The normalized spacial score (nSPS) is 19.4. The second-order valence-corrected chi connectivity index (χ2v) is 4.41. The molecule has 0 spiro atoms. The Balaban J connectivity index is 2.30. The zero-order valence-electron chi connectivity index (χ0n) is 9.57. The van der Waals surface area contributed by atoms with Gasteiger partial charge in [0.15, 0.2) is 5.60 Å². The monoisotopic (exact) mass is 261 g/mol. The van der Waals surface area contributed by atoms with Crippen molar-refractivity contribution in [3.63, 3.8) is 0 Å². The lowest BCUT2D eigenvalue weighted by atomic mass is 9.93. The molecule has 3 nitrogen and oxygen atoms in total. The van der Waals surface area contributed by atoms with Crippen LogP contribution in [0.2, 0.25) is 0 Å². The van der Waals surface area contributed by atoms with Gasteiger partial charge in [-0.3, -0.25) is 0 Å². The van der Waals surface area contributed by atoms with Crippen LogP contribution in [-0.2, 0) is 5.60 Å². The summed E-state index contributed by atoms with van der Waals surface area (Å²) in [7, 11) is 0. The Morgan fingerprint density at radius 2 is 2.00 bits per heavy atom. The van der Waals surface area contributed by atoms with Crippen LogP contribution >= 0.6 is 0 Å². The summed E-state index contributed by atoms with van der Waals surface area (Å²) in [5.74, 6) is 0.325. The van der Waals surface area contributed by atoms with Gasteiger partial charge < -0.3 is 15.6 Å². The number of nitrogens with two attached hydrogens (primary N) is 1. The highest BCUT2D eigenvalue weighted by Gasteiger charge is 2.54. The minimum atomic E-state index is -4.82. The Morgan fingerprint density at radius 3 is 2.50 bits per heavy atom. The summed E-state index contributed by atoms with van der Waals surface area (Å²) >= 11 is 0. The fourth-order valence-electron chi connectivity index (χ4n) is 1.60. The van der Waals surface area contributed by atoms with Gasteiger partial charge in [-0.15, -0.1) is 0 Å². The maximum absolute atomic E-state index is 12.8. The van der Waals surface area contributed by atoms with E-state index in [4.69, 9.17) is 10.5 Å². The molecule has 6 heteroatoms. The van der Waals surface area contributed by atoms with E-state index in [1.165, 1.54) is 18.2 Å². The van der Waals surface area contributed by atoms with Crippen LogP contribution in [0.25, 0.3) is 0 Å². The minimum absolute atomic E-state index is 0.0807. The van der Waals surface area contributed by atoms with Crippen molar-refractivity contribution in [1.29, 1.82) is 0 Å². The Morgan fingerprint density at radius 1 is 1.33 bits per heavy atom. The quantitative estimate of drug-likeness (QED) is 0.870. The molecule has 0 aromatic heterocycles. The number of hydrogen-bond acceptors (Lipinski definition) is 3. The first-order valence-corrected chi connectivity index (χ1v) is 5.63. The Labute approximate surface area is 102 Å². The topological polar surface area (TPSA) is 55.5 Å². The number of aliphatic hydroxyl groups is 1. The van der Waals surface area contributed by atoms with E-state index >= 15 is 0 Å². The third-order valence-electron chi connectivity index (χ3n) is 2.90. The molecule has 0 heterocycles. The van der Waals surface area contributed by atoms with Crippen LogP contribution in [0, 0.1) is 0 Å². The zero-order valence-corrected chi connectivity index (χ0v) is 9.57. The first-order chi connectivity index (χ1) is 8.37. The summed E-state index contributed by atoms with van der Waals surface area (Å²) in [5, 5.41) is 9.70. The van der Waals surface area contributed by atoms with E-state index in [2.05, 4.69) is 0 Å². The molecule has 0 saturated heterocycles. The summed E-state index contributed by atoms with van der Waals surface area (Å²) in [4.78, 5) is 0. The van der Waals surface area contributed by atoms with E-state index in [1.807, 2.05) is 0 Å². The van der Waals surface area contributed by atoms with Gasteiger partial charge in [0.2, 0.25) is 0 Å². The largest absolute Gasteiger partial charge is 0.490 e. The van der Waals surface area contributed by atoms with Crippen LogP contribution in [0.5, 0.6) is 5.75 Å². The fraction of sp³-hybridized carbons (Fsp3) is 0.500. The third kappa shape index (κ3) is 2.44. The average molecular weight is 261 g/mol. The predicted molar refractivity (Wildman–Crippen MR) is 59.1 cm³/mol. The van der Waals surface area contributed by atoms with Crippen LogP contribution in [0.4, 0.5) is 13.2 Å². The molecular weight excluding hydrogens is 247 g/mol. The molecule has 1 unspecified atom stereocenters. The Bertz CT molecular complexity index is 432. The van der Waals surface area contributed by atoms with Gasteiger partial charge in [0.25, 0.3) is 0 Å². The lowest BCUT2D eigenvalue weighted by Crippen LogP contribution is -2.48. The summed E-state index contributed by atoms with van der Waals surface area (Å²) in [6.07, 6.45) is -2.92. The van der Waals surface area contributed by atoms with Gasteiger partial charge in [0.1, 0.15) is 5.75 Å². The highest BCUT2D eigenvalue weighted by Crippen LogP contribution is 2.39. The number of halogens is 3. The van der Waals surface area contributed by atoms with Crippen molar-refractivity contribution in [3.8, 4) is 5.75 Å². The van der Waals surface area contributed by atoms with E-state index in [0.29, 0.717) is 5.75 Å². The molecular formula is C12H14F3NO2. The molecule has 1 aromatic rings. The van der Waals surface area contributed by atoms with E-state index in [-0.39, 0.29) is 11.7 Å². The highest BCUT2D eigenvalue weighted by molar-refractivity contribution is 5.34. The van der Waals surface area contributed by atoms with Crippen molar-refractivity contribution in [2.75, 3.05) is 6.54 Å². The highest BCUT2D eigenvalue weighted by atomic mass is 19.4. The Hall–Kier alpha value is -1.27. The summed E-state index contributed by atoms with van der Waals surface area (Å²) in [6.45, 7) is -0.927. The standard InChI is InChI=1S/C12H14F3NO2/c13-12(14,15)11(17,7-16)8-2-1-3-10(6-8)18-9-4-5-9/h1-3,6,9,17H,4-5,7,16H2. The molecule has 0 amide bonds. The number of alkyl halides is 3. The number of benzene rings is 1. The van der Waals surface area contributed by atoms with Crippen molar-refractivity contribution in [3.05, 3.63) is 29.8 Å². The Kier molecular flexibility index (Phi) is 3.25. The molecule has 18 heavy (non-hydrogen) atoms. The van der Waals surface area contributed by atoms with Gasteiger partial charge >= 0.3 is 6.18 Å². The molecule has 1 saturated carbocycles. The van der Waals surface area contributed by atoms with Gasteiger partial charge in [-0.1, -0.05) is 12.1 Å². The first kappa shape index (κ1) is 13.2. The molecule has 0 bridgehead atoms. The smallest absolute Gasteiger partial charge is 0.422 e. The van der Waals surface area contributed by atoms with Gasteiger partial charge in [-0.2, -0.15) is 13.2 Å². The van der Waals surface area contributed by atoms with Gasteiger partial charge in [-0.05, 0) is 30.5 Å². The van der Waals surface area contributed by atoms with E-state index in [0.717, 1.165) is 12.8 Å². The van der Waals surface area contributed by atoms with Crippen molar-refractivity contribution in [1.82, 2.24) is 0 Å². The third-order valence-corrected chi connectivity index (χ3v) is 2.90. The second kappa shape index (κ2) is 4.44. The molecule has 1 fully saturated rings.